The third kappa shape index (κ3) is 9.94. The number of alkyl carbamates (subject to hydrolysis) is 1. The average molecular weight is 522 g/mol. The molecule has 0 saturated heterocycles. The molecule has 0 aliphatic heterocycles. The molecule has 1 saturated carbocycles. The van der Waals surface area contributed by atoms with E-state index in [2.05, 4.69) is 24.7 Å². The molecule has 0 bridgehead atoms. The molecule has 1 amide bonds. The number of hydrogen-bond acceptors (Lipinski definition) is 4. The number of halogens is 3. The van der Waals surface area contributed by atoms with Gasteiger partial charge in [0, 0.05) is 18.1 Å². The summed E-state index contributed by atoms with van der Waals surface area (Å²) in [4.78, 5) is 11.5. The van der Waals surface area contributed by atoms with E-state index in [-0.39, 0.29) is 30.5 Å². The van der Waals surface area contributed by atoms with Crippen LogP contribution in [0.5, 0.6) is 5.75 Å². The van der Waals surface area contributed by atoms with Crippen LogP contribution in [0.3, 0.4) is 0 Å². The van der Waals surface area contributed by atoms with E-state index < -0.39 is 17.6 Å². The maximum absolute atomic E-state index is 13.0. The molecule has 0 atom stereocenters. The molecule has 1 heterocycles. The quantitative estimate of drug-likeness (QED) is 0.498. The second-order valence-electron chi connectivity index (χ2n) is 9.55. The summed E-state index contributed by atoms with van der Waals surface area (Å²) in [6.45, 7) is 11.4. The van der Waals surface area contributed by atoms with Crippen molar-refractivity contribution in [2.24, 2.45) is 0 Å². The molecule has 1 N–H and O–H groups in total. The third-order valence-electron chi connectivity index (χ3n) is 5.29. The topological polar surface area (TPSA) is 60.7 Å². The highest BCUT2D eigenvalue weighted by Gasteiger charge is 2.35. The van der Waals surface area contributed by atoms with Crippen LogP contribution >= 0.6 is 11.6 Å². The lowest BCUT2D eigenvalue weighted by Gasteiger charge is -2.28. The first kappa shape index (κ1) is 29.3. The van der Waals surface area contributed by atoms with Gasteiger partial charge in [-0.05, 0) is 63.8 Å². The van der Waals surface area contributed by atoms with Gasteiger partial charge in [0.25, 0.3) is 0 Å². The van der Waals surface area contributed by atoms with Crippen molar-refractivity contribution >= 4 is 29.3 Å². The summed E-state index contributed by atoms with van der Waals surface area (Å²) < 4.78 is 42.1. The van der Waals surface area contributed by atoms with Gasteiger partial charge < -0.3 is 19.2 Å². The number of benzene rings is 1. The van der Waals surface area contributed by atoms with E-state index >= 15 is 0 Å². The summed E-state index contributed by atoms with van der Waals surface area (Å²) in [6.07, 6.45) is 6.39. The van der Waals surface area contributed by atoms with Gasteiger partial charge in [-0.2, -0.15) is 0 Å². The first-order chi connectivity index (χ1) is 16.8. The van der Waals surface area contributed by atoms with E-state index in [0.29, 0.717) is 29.2 Å². The van der Waals surface area contributed by atoms with Crippen molar-refractivity contribution in [1.29, 1.82) is 0 Å². The summed E-state index contributed by atoms with van der Waals surface area (Å²) in [5.41, 5.74) is 1.05. The molecular weight excluding hydrogens is 488 g/mol. The molecule has 0 radical (unpaired) electrons. The monoisotopic (exact) mass is 521 g/mol. The van der Waals surface area contributed by atoms with Gasteiger partial charge in [-0.1, -0.05) is 43.2 Å². The van der Waals surface area contributed by atoms with Crippen LogP contribution in [0.4, 0.5) is 13.6 Å². The number of nitrogens with one attached hydrogen (secondary N) is 1. The molecule has 8 heteroatoms. The Balaban J connectivity index is 0.000000255. The van der Waals surface area contributed by atoms with Crippen LogP contribution in [-0.4, -0.2) is 23.7 Å². The first-order valence-corrected chi connectivity index (χ1v) is 12.2. The Kier molecular flexibility index (Phi) is 10.4. The lowest BCUT2D eigenvalue weighted by atomic mass is 9.94. The molecule has 1 aromatic carbocycles. The van der Waals surface area contributed by atoms with Crippen LogP contribution < -0.4 is 20.7 Å². The molecule has 1 aliphatic carbocycles. The second kappa shape index (κ2) is 12.8. The zero-order chi connectivity index (χ0) is 26.9. The normalized spacial score (nSPS) is 16.2. The number of ether oxygens (including phenoxy) is 2. The Labute approximate surface area is 216 Å². The van der Waals surface area contributed by atoms with Crippen LogP contribution in [0.25, 0.3) is 11.6 Å². The van der Waals surface area contributed by atoms with Gasteiger partial charge in [0.1, 0.15) is 22.1 Å². The molecule has 1 aromatic heterocycles. The summed E-state index contributed by atoms with van der Waals surface area (Å²) >= 11 is 5.79. The number of hydrogen-bond donors (Lipinski definition) is 1. The van der Waals surface area contributed by atoms with E-state index in [0.717, 1.165) is 12.2 Å². The van der Waals surface area contributed by atoms with Crippen molar-refractivity contribution in [3.05, 3.63) is 52.3 Å². The van der Waals surface area contributed by atoms with Gasteiger partial charge in [-0.15, -0.1) is 6.42 Å². The average Bonchev–Trinajstić information content (AvgIpc) is 3.19. The van der Waals surface area contributed by atoms with Crippen molar-refractivity contribution in [3.63, 3.8) is 0 Å². The zero-order valence-electron chi connectivity index (χ0n) is 21.3. The minimum atomic E-state index is -2.48. The minimum Gasteiger partial charge on any atom is -0.490 e. The standard InChI is InChI=1S/C14H16ClNO3.C14H18F2O/c1-6-11(15)12-9(2)7-10(18-12)8-16-13(17)19-14(3,4)5;1-2-11-3-5-12(6-4-11)17-13-7-9-14(15,16)10-8-13/h1,7H,2,8H2,3-5H3,(H,16,17);3-6,13H,2,7-10H2,1H3/b12-11-;. The molecule has 1 aliphatic rings. The van der Waals surface area contributed by atoms with Crippen molar-refractivity contribution in [2.45, 2.75) is 84.0 Å². The molecule has 5 nitrogen and oxygen atoms in total. The first-order valence-electron chi connectivity index (χ1n) is 11.9. The zero-order valence-corrected chi connectivity index (χ0v) is 22.0. The predicted molar refractivity (Wildman–Crippen MR) is 138 cm³/mol. The highest BCUT2D eigenvalue weighted by atomic mass is 35.5. The van der Waals surface area contributed by atoms with E-state index in [9.17, 15) is 13.6 Å². The number of alkyl halides is 2. The number of amides is 1. The van der Waals surface area contributed by atoms with Crippen molar-refractivity contribution in [1.82, 2.24) is 5.32 Å². The molecule has 1 fully saturated rings. The fourth-order valence-corrected chi connectivity index (χ4v) is 3.59. The molecule has 0 spiro atoms. The maximum atomic E-state index is 13.0. The van der Waals surface area contributed by atoms with Crippen LogP contribution in [0.15, 0.2) is 34.7 Å². The van der Waals surface area contributed by atoms with Gasteiger partial charge in [0.15, 0.2) is 5.42 Å². The van der Waals surface area contributed by atoms with Gasteiger partial charge in [-0.3, -0.25) is 0 Å². The lowest BCUT2D eigenvalue weighted by molar-refractivity contribution is -0.0582. The van der Waals surface area contributed by atoms with Gasteiger partial charge in [-0.25, -0.2) is 13.6 Å². The Bertz CT molecular complexity index is 1150. The van der Waals surface area contributed by atoms with Gasteiger partial charge >= 0.3 is 6.09 Å². The highest BCUT2D eigenvalue weighted by Crippen LogP contribution is 2.34. The molecule has 3 rings (SSSR count). The lowest BCUT2D eigenvalue weighted by Crippen LogP contribution is -2.32. The van der Waals surface area contributed by atoms with Crippen molar-refractivity contribution < 1.29 is 27.5 Å². The van der Waals surface area contributed by atoms with Gasteiger partial charge in [0.2, 0.25) is 5.92 Å². The van der Waals surface area contributed by atoms with Crippen molar-refractivity contribution in [2.75, 3.05) is 0 Å². The van der Waals surface area contributed by atoms with E-state index in [4.69, 9.17) is 31.9 Å². The molecular formula is C28H34ClF2NO4. The van der Waals surface area contributed by atoms with E-state index in [1.165, 1.54) is 5.56 Å². The van der Waals surface area contributed by atoms with Gasteiger partial charge in [0.05, 0.1) is 12.6 Å². The van der Waals surface area contributed by atoms with E-state index in [1.807, 2.05) is 24.3 Å². The van der Waals surface area contributed by atoms with Crippen LogP contribution in [0, 0.1) is 12.3 Å². The Morgan fingerprint density at radius 2 is 1.89 bits per heavy atom. The number of carbonyl (C=O) groups is 1. The summed E-state index contributed by atoms with van der Waals surface area (Å²) in [5, 5.41) is 3.29. The minimum absolute atomic E-state index is 0.0509. The highest BCUT2D eigenvalue weighted by molar-refractivity contribution is 6.48. The fraction of sp³-hybridized carbons (Fsp3) is 0.464. The number of carbonyl (C=O) groups excluding carboxylic acids is 1. The van der Waals surface area contributed by atoms with Crippen molar-refractivity contribution in [3.8, 4) is 18.1 Å². The molecule has 0 unspecified atom stereocenters. The number of aryl methyl sites for hydroxylation is 1. The predicted octanol–water partition coefficient (Wildman–Crippen LogP) is 5.90. The molecule has 2 aromatic rings. The molecule has 196 valence electrons. The van der Waals surface area contributed by atoms with Crippen LogP contribution in [0.2, 0.25) is 0 Å². The van der Waals surface area contributed by atoms with Crippen LogP contribution in [-0.2, 0) is 17.7 Å². The summed E-state index contributed by atoms with van der Waals surface area (Å²) in [5.74, 6) is 1.08. The largest absolute Gasteiger partial charge is 0.490 e. The number of furan rings is 1. The second-order valence-corrected chi connectivity index (χ2v) is 9.93. The fourth-order valence-electron chi connectivity index (χ4n) is 3.43. The number of rotatable bonds is 5. The smallest absolute Gasteiger partial charge is 0.408 e. The summed E-state index contributed by atoms with van der Waals surface area (Å²) in [6, 6.07) is 9.54. The Morgan fingerprint density at radius 1 is 1.28 bits per heavy atom. The third-order valence-corrected chi connectivity index (χ3v) is 5.57. The Morgan fingerprint density at radius 3 is 2.42 bits per heavy atom. The SMILES string of the molecule is C#C/C(Cl)=c1/oc(CNC(=O)OC(C)(C)C)cc1=C.CCc1ccc(OC2CCC(F)(F)CC2)cc1. The van der Waals surface area contributed by atoms with E-state index in [1.54, 1.807) is 26.8 Å². The molecule has 36 heavy (non-hydrogen) atoms. The Hall–Kier alpha value is -2.98. The maximum Gasteiger partial charge on any atom is 0.408 e. The summed E-state index contributed by atoms with van der Waals surface area (Å²) in [7, 11) is 0. The van der Waals surface area contributed by atoms with Crippen LogP contribution in [0.1, 0.15) is 64.7 Å². The number of terminal acetylenes is 1.